The monoisotopic (exact) mass is 482 g/mol. The van der Waals surface area contributed by atoms with Gasteiger partial charge in [0.05, 0.1) is 17.1 Å². The number of hydrogen-bond donors (Lipinski definition) is 1. The molecule has 0 radical (unpaired) electrons. The molecule has 33 heavy (non-hydrogen) atoms. The minimum absolute atomic E-state index is 0.0316. The third-order valence-electron chi connectivity index (χ3n) is 4.72. The zero-order valence-corrected chi connectivity index (χ0v) is 18.8. The summed E-state index contributed by atoms with van der Waals surface area (Å²) in [5, 5.41) is 14.2. The summed E-state index contributed by atoms with van der Waals surface area (Å²) >= 11 is 5.91. The van der Waals surface area contributed by atoms with Gasteiger partial charge in [-0.15, -0.1) is 5.10 Å². The van der Waals surface area contributed by atoms with Crippen LogP contribution in [-0.2, 0) is 21.4 Å². The number of halogens is 1. The van der Waals surface area contributed by atoms with Gasteiger partial charge in [-0.1, -0.05) is 48.0 Å². The van der Waals surface area contributed by atoms with E-state index in [4.69, 9.17) is 11.6 Å². The molecule has 0 saturated heterocycles. The smallest absolute Gasteiger partial charge is 0.243 e. The van der Waals surface area contributed by atoms with E-state index in [0.717, 1.165) is 9.87 Å². The number of rotatable bonds is 8. The average Bonchev–Trinajstić information content (AvgIpc) is 3.35. The number of sulfonamides is 1. The van der Waals surface area contributed by atoms with E-state index in [1.807, 2.05) is 18.2 Å². The predicted molar refractivity (Wildman–Crippen MR) is 123 cm³/mol. The molecule has 11 heteroatoms. The highest BCUT2D eigenvalue weighted by molar-refractivity contribution is 7.89. The third kappa shape index (κ3) is 5.61. The fourth-order valence-electron chi connectivity index (χ4n) is 3.14. The molecule has 3 aromatic carbocycles. The molecule has 4 rings (SSSR count). The van der Waals surface area contributed by atoms with Crippen molar-refractivity contribution in [2.45, 2.75) is 11.4 Å². The minimum Gasteiger partial charge on any atom is -0.325 e. The Bertz CT molecular complexity index is 1330. The van der Waals surface area contributed by atoms with Crippen LogP contribution in [0.4, 0.5) is 5.69 Å². The van der Waals surface area contributed by atoms with Crippen LogP contribution in [-0.4, -0.2) is 45.4 Å². The molecular weight excluding hydrogens is 464 g/mol. The molecule has 168 valence electrons. The zero-order valence-electron chi connectivity index (χ0n) is 17.2. The molecule has 0 aliphatic carbocycles. The molecule has 0 fully saturated rings. The number of hydrogen-bond acceptors (Lipinski definition) is 6. The number of benzene rings is 3. The Morgan fingerprint density at radius 3 is 2.45 bits per heavy atom. The quantitative estimate of drug-likeness (QED) is 0.413. The van der Waals surface area contributed by atoms with Gasteiger partial charge >= 0.3 is 0 Å². The molecule has 1 amide bonds. The zero-order chi connectivity index (χ0) is 23.3. The van der Waals surface area contributed by atoms with Crippen LogP contribution in [0.2, 0.25) is 5.02 Å². The Kier molecular flexibility index (Phi) is 6.78. The maximum absolute atomic E-state index is 13.3. The first kappa shape index (κ1) is 22.6. The first-order valence-corrected chi connectivity index (χ1v) is 11.7. The average molecular weight is 483 g/mol. The van der Waals surface area contributed by atoms with E-state index in [1.165, 1.54) is 35.3 Å². The lowest BCUT2D eigenvalue weighted by Gasteiger charge is -2.22. The Morgan fingerprint density at radius 2 is 1.76 bits per heavy atom. The highest BCUT2D eigenvalue weighted by atomic mass is 35.5. The molecule has 0 aliphatic rings. The molecule has 0 bridgehead atoms. The van der Waals surface area contributed by atoms with Crippen LogP contribution in [0.15, 0.2) is 90.1 Å². The number of anilines is 1. The molecule has 1 heterocycles. The van der Waals surface area contributed by atoms with Crippen molar-refractivity contribution in [3.05, 3.63) is 95.8 Å². The number of amides is 1. The van der Waals surface area contributed by atoms with Gasteiger partial charge < -0.3 is 5.32 Å². The number of nitrogens with zero attached hydrogens (tertiary/aromatic N) is 5. The van der Waals surface area contributed by atoms with Crippen molar-refractivity contribution < 1.29 is 13.2 Å². The van der Waals surface area contributed by atoms with Crippen molar-refractivity contribution >= 4 is 33.2 Å². The fourth-order valence-corrected chi connectivity index (χ4v) is 4.65. The number of tetrazole rings is 1. The van der Waals surface area contributed by atoms with Gasteiger partial charge in [0.1, 0.15) is 6.33 Å². The van der Waals surface area contributed by atoms with Crippen LogP contribution in [0.5, 0.6) is 0 Å². The Balaban J connectivity index is 1.56. The summed E-state index contributed by atoms with van der Waals surface area (Å²) in [4.78, 5) is 12.9. The number of aromatic nitrogens is 4. The van der Waals surface area contributed by atoms with Crippen molar-refractivity contribution in [2.24, 2.45) is 0 Å². The van der Waals surface area contributed by atoms with Crippen LogP contribution >= 0.6 is 11.6 Å². The van der Waals surface area contributed by atoms with E-state index in [9.17, 15) is 13.2 Å². The lowest BCUT2D eigenvalue weighted by atomic mass is 10.2. The maximum Gasteiger partial charge on any atom is 0.243 e. The van der Waals surface area contributed by atoms with Gasteiger partial charge in [0.2, 0.25) is 15.9 Å². The summed E-state index contributed by atoms with van der Waals surface area (Å²) in [5.74, 6) is -0.489. The summed E-state index contributed by atoms with van der Waals surface area (Å²) in [6, 6.07) is 21.8. The summed E-state index contributed by atoms with van der Waals surface area (Å²) in [6.07, 6.45) is 1.43. The van der Waals surface area contributed by atoms with Crippen LogP contribution in [0.1, 0.15) is 5.56 Å². The molecule has 0 atom stereocenters. The van der Waals surface area contributed by atoms with Gasteiger partial charge in [0, 0.05) is 17.3 Å². The van der Waals surface area contributed by atoms with Crippen molar-refractivity contribution in [3.8, 4) is 5.69 Å². The molecule has 0 spiro atoms. The molecule has 0 unspecified atom stereocenters. The van der Waals surface area contributed by atoms with Crippen LogP contribution in [0.25, 0.3) is 5.69 Å². The first-order chi connectivity index (χ1) is 15.9. The predicted octanol–water partition coefficient (Wildman–Crippen LogP) is 3.15. The van der Waals surface area contributed by atoms with Gasteiger partial charge in [-0.25, -0.2) is 13.1 Å². The molecule has 9 nitrogen and oxygen atoms in total. The highest BCUT2D eigenvalue weighted by Crippen LogP contribution is 2.21. The van der Waals surface area contributed by atoms with Crippen molar-refractivity contribution in [3.63, 3.8) is 0 Å². The minimum atomic E-state index is -3.96. The Morgan fingerprint density at radius 1 is 1.00 bits per heavy atom. The fraction of sp³-hybridized carbons (Fsp3) is 0.0909. The van der Waals surface area contributed by atoms with Crippen molar-refractivity contribution in [1.29, 1.82) is 0 Å². The number of carbonyl (C=O) groups excluding carboxylic acids is 1. The summed E-state index contributed by atoms with van der Waals surface area (Å²) in [5.41, 5.74) is 1.88. The standard InChI is InChI=1S/C22H19ClN6O3S/c23-18-9-11-21(12-10-18)33(31,32)28(14-17-5-2-1-3-6-17)15-22(30)25-19-7-4-8-20(13-19)29-16-24-26-27-29/h1-13,16H,14-15H2,(H,25,30). The molecule has 4 aromatic rings. The van der Waals surface area contributed by atoms with E-state index < -0.39 is 15.9 Å². The number of nitrogens with one attached hydrogen (secondary N) is 1. The van der Waals surface area contributed by atoms with E-state index in [1.54, 1.807) is 36.4 Å². The second kappa shape index (κ2) is 9.90. The normalized spacial score (nSPS) is 11.5. The van der Waals surface area contributed by atoms with E-state index in [-0.39, 0.29) is 18.0 Å². The van der Waals surface area contributed by atoms with E-state index in [2.05, 4.69) is 20.8 Å². The summed E-state index contributed by atoms with van der Waals surface area (Å²) < 4.78 is 29.2. The van der Waals surface area contributed by atoms with Crippen molar-refractivity contribution in [2.75, 3.05) is 11.9 Å². The maximum atomic E-state index is 13.3. The van der Waals surface area contributed by atoms with Gasteiger partial charge in [0.15, 0.2) is 0 Å². The second-order valence-electron chi connectivity index (χ2n) is 7.07. The third-order valence-corrected chi connectivity index (χ3v) is 6.77. The van der Waals surface area contributed by atoms with Gasteiger partial charge in [-0.3, -0.25) is 4.79 Å². The van der Waals surface area contributed by atoms with Gasteiger partial charge in [0.25, 0.3) is 0 Å². The van der Waals surface area contributed by atoms with Crippen molar-refractivity contribution in [1.82, 2.24) is 24.5 Å². The summed E-state index contributed by atoms with van der Waals surface area (Å²) in [7, 11) is -3.96. The van der Waals surface area contributed by atoms with Gasteiger partial charge in [-0.05, 0) is 58.5 Å². The van der Waals surface area contributed by atoms with Crippen LogP contribution in [0, 0.1) is 0 Å². The molecule has 0 saturated carbocycles. The number of carbonyl (C=O) groups is 1. The van der Waals surface area contributed by atoms with Crippen LogP contribution in [0.3, 0.4) is 0 Å². The lowest BCUT2D eigenvalue weighted by molar-refractivity contribution is -0.116. The van der Waals surface area contributed by atoms with E-state index in [0.29, 0.717) is 16.4 Å². The van der Waals surface area contributed by atoms with Crippen LogP contribution < -0.4 is 5.32 Å². The largest absolute Gasteiger partial charge is 0.325 e. The first-order valence-electron chi connectivity index (χ1n) is 9.85. The Labute approximate surface area is 195 Å². The molecule has 1 aromatic heterocycles. The lowest BCUT2D eigenvalue weighted by Crippen LogP contribution is -2.37. The second-order valence-corrected chi connectivity index (χ2v) is 9.44. The molecule has 0 aliphatic heterocycles. The highest BCUT2D eigenvalue weighted by Gasteiger charge is 2.27. The topological polar surface area (TPSA) is 110 Å². The summed E-state index contributed by atoms with van der Waals surface area (Å²) in [6.45, 7) is -0.348. The van der Waals surface area contributed by atoms with E-state index >= 15 is 0 Å². The molecule has 1 N–H and O–H groups in total. The van der Waals surface area contributed by atoms with Gasteiger partial charge in [-0.2, -0.15) is 4.31 Å². The Hall–Kier alpha value is -3.60. The SMILES string of the molecule is O=C(CN(Cc1ccccc1)S(=O)(=O)c1ccc(Cl)cc1)Nc1cccc(-n2cnnn2)c1. The molecular formula is C22H19ClN6O3S.